The monoisotopic (exact) mass is 424 g/mol. The molecular weight excluding hydrogens is 400 g/mol. The minimum absolute atomic E-state index is 0.0739. The van der Waals surface area contributed by atoms with Gasteiger partial charge in [-0.15, -0.1) is 0 Å². The lowest BCUT2D eigenvalue weighted by atomic mass is 9.95. The van der Waals surface area contributed by atoms with E-state index >= 15 is 0 Å². The molecule has 0 spiro atoms. The molecule has 7 heteroatoms. The van der Waals surface area contributed by atoms with Gasteiger partial charge in [0.05, 0.1) is 12.5 Å². The molecular formula is C23H25ClN4O2. The van der Waals surface area contributed by atoms with E-state index in [9.17, 15) is 4.79 Å². The molecule has 1 aliphatic heterocycles. The number of nitrogens with zero attached hydrogens (tertiary/aromatic N) is 4. The fourth-order valence-corrected chi connectivity index (χ4v) is 4.03. The van der Waals surface area contributed by atoms with Gasteiger partial charge in [0.15, 0.2) is 5.82 Å². The number of carbonyl (C=O) groups excluding carboxylic acids is 1. The van der Waals surface area contributed by atoms with Crippen LogP contribution in [0.15, 0.2) is 59.1 Å². The number of benzene rings is 2. The summed E-state index contributed by atoms with van der Waals surface area (Å²) in [6.07, 6.45) is 0.804. The molecule has 1 atom stereocenters. The standard InChI is InChI=1S/C23H25ClN4O2/c1-2-20(17-7-4-3-5-8-17)23(29)28-13-11-27(12-14-28)16-21-25-22(30-26-21)18-9-6-10-19(24)15-18/h3-10,15,20H,2,11-14,16H2,1H3/t20-/m1/s1. The smallest absolute Gasteiger partial charge is 0.258 e. The fraction of sp³-hybridized carbons (Fsp3) is 0.348. The van der Waals surface area contributed by atoms with Crippen LogP contribution in [0, 0.1) is 0 Å². The van der Waals surface area contributed by atoms with Gasteiger partial charge in [0.25, 0.3) is 5.89 Å². The third-order valence-corrected chi connectivity index (χ3v) is 5.73. The lowest BCUT2D eigenvalue weighted by Crippen LogP contribution is -2.49. The first-order valence-corrected chi connectivity index (χ1v) is 10.7. The Morgan fingerprint density at radius 2 is 1.87 bits per heavy atom. The van der Waals surface area contributed by atoms with E-state index in [1.807, 2.05) is 53.4 Å². The molecule has 30 heavy (non-hydrogen) atoms. The highest BCUT2D eigenvalue weighted by Crippen LogP contribution is 2.24. The molecule has 3 aromatic rings. The van der Waals surface area contributed by atoms with E-state index in [-0.39, 0.29) is 11.8 Å². The largest absolute Gasteiger partial charge is 0.340 e. The molecule has 1 saturated heterocycles. The number of hydrogen-bond acceptors (Lipinski definition) is 5. The predicted octanol–water partition coefficient (Wildman–Crippen LogP) is 4.23. The van der Waals surface area contributed by atoms with E-state index in [1.165, 1.54) is 0 Å². The van der Waals surface area contributed by atoms with Crippen LogP contribution >= 0.6 is 11.6 Å². The predicted molar refractivity (Wildman–Crippen MR) is 116 cm³/mol. The molecule has 0 N–H and O–H groups in total. The first kappa shape index (κ1) is 20.6. The second kappa shape index (κ2) is 9.41. The lowest BCUT2D eigenvalue weighted by Gasteiger charge is -2.36. The summed E-state index contributed by atoms with van der Waals surface area (Å²) in [7, 11) is 0. The Morgan fingerprint density at radius 3 is 2.57 bits per heavy atom. The number of amides is 1. The van der Waals surface area contributed by atoms with Crippen LogP contribution < -0.4 is 0 Å². The van der Waals surface area contributed by atoms with Crippen LogP contribution in [0.5, 0.6) is 0 Å². The van der Waals surface area contributed by atoms with Crippen molar-refractivity contribution in [2.75, 3.05) is 26.2 Å². The maximum atomic E-state index is 13.0. The number of piperazine rings is 1. The molecule has 0 saturated carbocycles. The van der Waals surface area contributed by atoms with Gasteiger partial charge in [-0.05, 0) is 30.2 Å². The topological polar surface area (TPSA) is 62.5 Å². The van der Waals surface area contributed by atoms with Crippen molar-refractivity contribution in [1.82, 2.24) is 19.9 Å². The zero-order chi connectivity index (χ0) is 20.9. The van der Waals surface area contributed by atoms with E-state index in [2.05, 4.69) is 22.0 Å². The SMILES string of the molecule is CC[C@@H](C(=O)N1CCN(Cc2noc(-c3cccc(Cl)c3)n2)CC1)c1ccccc1. The summed E-state index contributed by atoms with van der Waals surface area (Å²) < 4.78 is 5.39. The summed E-state index contributed by atoms with van der Waals surface area (Å²) in [5, 5.41) is 4.73. The molecule has 1 fully saturated rings. The highest BCUT2D eigenvalue weighted by atomic mass is 35.5. The van der Waals surface area contributed by atoms with Crippen molar-refractivity contribution in [3.8, 4) is 11.5 Å². The molecule has 6 nitrogen and oxygen atoms in total. The van der Waals surface area contributed by atoms with E-state index in [0.717, 1.165) is 30.6 Å². The number of aromatic nitrogens is 2. The van der Waals surface area contributed by atoms with Crippen LogP contribution in [-0.4, -0.2) is 52.0 Å². The fourth-order valence-electron chi connectivity index (χ4n) is 3.84. The summed E-state index contributed by atoms with van der Waals surface area (Å²) in [5.74, 6) is 1.25. The number of hydrogen-bond donors (Lipinski definition) is 0. The molecule has 0 unspecified atom stereocenters. The number of carbonyl (C=O) groups is 1. The van der Waals surface area contributed by atoms with Crippen LogP contribution in [0.25, 0.3) is 11.5 Å². The molecule has 0 radical (unpaired) electrons. The van der Waals surface area contributed by atoms with E-state index in [1.54, 1.807) is 6.07 Å². The van der Waals surface area contributed by atoms with Gasteiger partial charge in [-0.25, -0.2) is 0 Å². The second-order valence-corrected chi connectivity index (χ2v) is 7.94. The third-order valence-electron chi connectivity index (χ3n) is 5.50. The Morgan fingerprint density at radius 1 is 1.10 bits per heavy atom. The summed E-state index contributed by atoms with van der Waals surface area (Å²) in [6.45, 7) is 5.67. The molecule has 2 heterocycles. The molecule has 0 bridgehead atoms. The van der Waals surface area contributed by atoms with Gasteiger partial charge in [0.2, 0.25) is 5.91 Å². The summed E-state index contributed by atoms with van der Waals surface area (Å²) in [6, 6.07) is 17.4. The quantitative estimate of drug-likeness (QED) is 0.592. The Bertz CT molecular complexity index is 984. The van der Waals surface area contributed by atoms with Crippen LogP contribution in [0.4, 0.5) is 0 Å². The summed E-state index contributed by atoms with van der Waals surface area (Å²) >= 11 is 6.04. The van der Waals surface area contributed by atoms with Gasteiger partial charge in [-0.1, -0.05) is 60.1 Å². The second-order valence-electron chi connectivity index (χ2n) is 7.50. The van der Waals surface area contributed by atoms with Crippen molar-refractivity contribution in [1.29, 1.82) is 0 Å². The average molecular weight is 425 g/mol. The summed E-state index contributed by atoms with van der Waals surface area (Å²) in [4.78, 5) is 21.8. The molecule has 1 aromatic heterocycles. The molecule has 4 rings (SSSR count). The normalized spacial score (nSPS) is 15.9. The van der Waals surface area contributed by atoms with Gasteiger partial charge in [0, 0.05) is 36.8 Å². The van der Waals surface area contributed by atoms with Gasteiger partial charge in [-0.2, -0.15) is 4.98 Å². The first-order chi connectivity index (χ1) is 14.6. The van der Waals surface area contributed by atoms with Crippen LogP contribution in [-0.2, 0) is 11.3 Å². The van der Waals surface area contributed by atoms with Crippen LogP contribution in [0.3, 0.4) is 0 Å². The Kier molecular flexibility index (Phi) is 6.45. The summed E-state index contributed by atoms with van der Waals surface area (Å²) in [5.41, 5.74) is 1.90. The zero-order valence-corrected chi connectivity index (χ0v) is 17.8. The van der Waals surface area contributed by atoms with Gasteiger partial charge in [-0.3, -0.25) is 9.69 Å². The minimum Gasteiger partial charge on any atom is -0.340 e. The number of halogens is 1. The maximum Gasteiger partial charge on any atom is 0.258 e. The van der Waals surface area contributed by atoms with Gasteiger partial charge in [0.1, 0.15) is 0 Å². The van der Waals surface area contributed by atoms with Crippen molar-refractivity contribution in [2.24, 2.45) is 0 Å². The van der Waals surface area contributed by atoms with E-state index < -0.39 is 0 Å². The first-order valence-electron chi connectivity index (χ1n) is 10.3. The number of rotatable bonds is 6. The van der Waals surface area contributed by atoms with Crippen LogP contribution in [0.1, 0.15) is 30.7 Å². The lowest BCUT2D eigenvalue weighted by molar-refractivity contribution is -0.134. The minimum atomic E-state index is -0.0739. The van der Waals surface area contributed by atoms with Crippen LogP contribution in [0.2, 0.25) is 5.02 Å². The van der Waals surface area contributed by atoms with Gasteiger partial charge >= 0.3 is 0 Å². The van der Waals surface area contributed by atoms with Crippen molar-refractivity contribution in [3.63, 3.8) is 0 Å². The Hall–Kier alpha value is -2.70. The van der Waals surface area contributed by atoms with Crippen molar-refractivity contribution in [2.45, 2.75) is 25.8 Å². The van der Waals surface area contributed by atoms with Gasteiger partial charge < -0.3 is 9.42 Å². The Balaban J connectivity index is 1.33. The third kappa shape index (κ3) is 4.71. The van der Waals surface area contributed by atoms with E-state index in [4.69, 9.17) is 16.1 Å². The highest BCUT2D eigenvalue weighted by Gasteiger charge is 2.28. The molecule has 1 aliphatic rings. The van der Waals surface area contributed by atoms with Crippen molar-refractivity contribution >= 4 is 17.5 Å². The molecule has 1 amide bonds. The zero-order valence-electron chi connectivity index (χ0n) is 17.0. The van der Waals surface area contributed by atoms with Crippen molar-refractivity contribution in [3.05, 3.63) is 71.0 Å². The molecule has 0 aliphatic carbocycles. The van der Waals surface area contributed by atoms with E-state index in [0.29, 0.717) is 36.4 Å². The molecule has 2 aromatic carbocycles. The van der Waals surface area contributed by atoms with Crippen molar-refractivity contribution < 1.29 is 9.32 Å². The Labute approximate surface area is 181 Å². The maximum absolute atomic E-state index is 13.0. The highest BCUT2D eigenvalue weighted by molar-refractivity contribution is 6.30. The molecule has 156 valence electrons. The average Bonchev–Trinajstić information content (AvgIpc) is 3.24.